The maximum Gasteiger partial charge on any atom is 0.134 e. The van der Waals surface area contributed by atoms with Crippen LogP contribution in [0.4, 0.5) is 0 Å². The molecular formula is C6H9N3S. The molecule has 0 aliphatic rings. The van der Waals surface area contributed by atoms with Crippen molar-refractivity contribution in [3.8, 4) is 0 Å². The third-order valence-electron chi connectivity index (χ3n) is 1.13. The van der Waals surface area contributed by atoms with Crippen LogP contribution in [0.5, 0.6) is 0 Å². The van der Waals surface area contributed by atoms with Gasteiger partial charge in [0.1, 0.15) is 5.01 Å². The van der Waals surface area contributed by atoms with Crippen molar-refractivity contribution in [3.63, 3.8) is 0 Å². The molecule has 3 nitrogen and oxygen atoms in total. The molecule has 3 N–H and O–H groups in total. The summed E-state index contributed by atoms with van der Waals surface area (Å²) in [5, 5.41) is 9.48. The van der Waals surface area contributed by atoms with Gasteiger partial charge in [-0.05, 0) is 6.92 Å². The summed E-state index contributed by atoms with van der Waals surface area (Å²) in [6.45, 7) is 1.88. The number of nitrogens with two attached hydrogens (primary N) is 1. The third kappa shape index (κ3) is 1.40. The first-order valence-corrected chi connectivity index (χ1v) is 3.83. The molecule has 4 heteroatoms. The second-order valence-corrected chi connectivity index (χ2v) is 2.93. The zero-order valence-corrected chi connectivity index (χ0v) is 6.48. The Hall–Kier alpha value is -0.740. The van der Waals surface area contributed by atoms with Gasteiger partial charge in [0, 0.05) is 11.4 Å². The van der Waals surface area contributed by atoms with E-state index in [2.05, 4.69) is 4.98 Å². The Morgan fingerprint density at radius 3 is 2.90 bits per heavy atom. The Labute approximate surface area is 63.4 Å². The van der Waals surface area contributed by atoms with E-state index in [-0.39, 0.29) is 6.04 Å². The van der Waals surface area contributed by atoms with Gasteiger partial charge in [0.25, 0.3) is 0 Å². The quantitative estimate of drug-likeness (QED) is 0.629. The molecular weight excluding hydrogens is 146 g/mol. The van der Waals surface area contributed by atoms with Crippen molar-refractivity contribution in [2.24, 2.45) is 5.73 Å². The summed E-state index contributed by atoms with van der Waals surface area (Å²) in [6.07, 6.45) is 1.23. The van der Waals surface area contributed by atoms with Crippen LogP contribution in [0.1, 0.15) is 23.7 Å². The molecule has 0 fully saturated rings. The average Bonchev–Trinajstić information content (AvgIpc) is 2.34. The monoisotopic (exact) mass is 155 g/mol. The number of hydrogen-bond donors (Lipinski definition) is 2. The van der Waals surface area contributed by atoms with Crippen LogP contribution in [0.15, 0.2) is 5.38 Å². The molecule has 0 aliphatic heterocycles. The van der Waals surface area contributed by atoms with Crippen molar-refractivity contribution in [2.75, 3.05) is 0 Å². The van der Waals surface area contributed by atoms with Crippen molar-refractivity contribution in [2.45, 2.75) is 13.0 Å². The third-order valence-corrected chi connectivity index (χ3v) is 1.94. The molecule has 1 unspecified atom stereocenters. The number of aromatic nitrogens is 1. The molecule has 1 rings (SSSR count). The summed E-state index contributed by atoms with van der Waals surface area (Å²) in [4.78, 5) is 4.08. The first kappa shape index (κ1) is 7.37. The predicted octanol–water partition coefficient (Wildman–Crippen LogP) is 1.16. The molecule has 0 bridgehead atoms. The van der Waals surface area contributed by atoms with Crippen molar-refractivity contribution in [1.29, 1.82) is 5.41 Å². The van der Waals surface area contributed by atoms with E-state index >= 15 is 0 Å². The normalized spacial score (nSPS) is 13.0. The second kappa shape index (κ2) is 2.90. The van der Waals surface area contributed by atoms with Gasteiger partial charge in [0.15, 0.2) is 0 Å². The molecule has 0 aliphatic carbocycles. The lowest BCUT2D eigenvalue weighted by molar-refractivity contribution is 0.789. The molecule has 0 amide bonds. The summed E-state index contributed by atoms with van der Waals surface area (Å²) >= 11 is 1.44. The van der Waals surface area contributed by atoms with Gasteiger partial charge < -0.3 is 11.1 Å². The van der Waals surface area contributed by atoms with E-state index in [0.717, 1.165) is 5.69 Å². The SMILES string of the molecule is CC(N)c1csc(C=N)n1. The lowest BCUT2D eigenvalue weighted by atomic mass is 10.3. The molecule has 0 spiro atoms. The van der Waals surface area contributed by atoms with E-state index in [1.165, 1.54) is 17.6 Å². The van der Waals surface area contributed by atoms with E-state index in [1.807, 2.05) is 12.3 Å². The van der Waals surface area contributed by atoms with Crippen LogP contribution < -0.4 is 5.73 Å². The minimum atomic E-state index is -0.0232. The zero-order valence-electron chi connectivity index (χ0n) is 5.66. The molecule has 1 aromatic rings. The fraction of sp³-hybridized carbons (Fsp3) is 0.333. The van der Waals surface area contributed by atoms with E-state index in [1.54, 1.807) is 0 Å². The lowest BCUT2D eigenvalue weighted by Crippen LogP contribution is -2.04. The topological polar surface area (TPSA) is 62.8 Å². The van der Waals surface area contributed by atoms with Crippen LogP contribution in [-0.4, -0.2) is 11.2 Å². The van der Waals surface area contributed by atoms with Crippen molar-refractivity contribution < 1.29 is 0 Å². The fourth-order valence-corrected chi connectivity index (χ4v) is 1.31. The average molecular weight is 155 g/mol. The van der Waals surface area contributed by atoms with Gasteiger partial charge in [-0.15, -0.1) is 11.3 Å². The van der Waals surface area contributed by atoms with Gasteiger partial charge in [-0.1, -0.05) is 0 Å². The number of rotatable bonds is 2. The Morgan fingerprint density at radius 1 is 1.90 bits per heavy atom. The standard InChI is InChI=1S/C6H9N3S/c1-4(8)5-3-10-6(2-7)9-5/h2-4,7H,8H2,1H3. The molecule has 1 aromatic heterocycles. The highest BCUT2D eigenvalue weighted by atomic mass is 32.1. The van der Waals surface area contributed by atoms with Crippen LogP contribution >= 0.6 is 11.3 Å². The Morgan fingerprint density at radius 2 is 2.60 bits per heavy atom. The van der Waals surface area contributed by atoms with E-state index < -0.39 is 0 Å². The number of nitrogens with one attached hydrogen (secondary N) is 1. The number of nitrogens with zero attached hydrogens (tertiary/aromatic N) is 1. The van der Waals surface area contributed by atoms with Crippen LogP contribution in [0.2, 0.25) is 0 Å². The highest BCUT2D eigenvalue weighted by Gasteiger charge is 2.02. The van der Waals surface area contributed by atoms with E-state index in [9.17, 15) is 0 Å². The summed E-state index contributed by atoms with van der Waals surface area (Å²) in [7, 11) is 0. The lowest BCUT2D eigenvalue weighted by Gasteiger charge is -1.95. The molecule has 0 saturated carbocycles. The number of hydrogen-bond acceptors (Lipinski definition) is 4. The van der Waals surface area contributed by atoms with Gasteiger partial charge in [0.05, 0.1) is 11.9 Å². The fourth-order valence-electron chi connectivity index (χ4n) is 0.576. The number of thiazole rings is 1. The summed E-state index contributed by atoms with van der Waals surface area (Å²) < 4.78 is 0. The van der Waals surface area contributed by atoms with Gasteiger partial charge in [0.2, 0.25) is 0 Å². The van der Waals surface area contributed by atoms with Gasteiger partial charge in [-0.3, -0.25) is 0 Å². The van der Waals surface area contributed by atoms with Crippen LogP contribution in [0, 0.1) is 5.41 Å². The molecule has 0 aromatic carbocycles. The van der Waals surface area contributed by atoms with Crippen molar-refractivity contribution >= 4 is 17.6 Å². The van der Waals surface area contributed by atoms with Crippen molar-refractivity contribution in [1.82, 2.24) is 4.98 Å². The van der Waals surface area contributed by atoms with E-state index in [0.29, 0.717) is 5.01 Å². The highest BCUT2D eigenvalue weighted by Crippen LogP contribution is 2.12. The largest absolute Gasteiger partial charge is 0.323 e. The minimum Gasteiger partial charge on any atom is -0.323 e. The minimum absolute atomic E-state index is 0.0232. The first-order valence-electron chi connectivity index (χ1n) is 2.95. The molecule has 54 valence electrons. The maximum absolute atomic E-state index is 6.88. The predicted molar refractivity (Wildman–Crippen MR) is 42.6 cm³/mol. The highest BCUT2D eigenvalue weighted by molar-refractivity contribution is 7.11. The summed E-state index contributed by atoms with van der Waals surface area (Å²) in [5.41, 5.74) is 6.42. The molecule has 0 radical (unpaired) electrons. The van der Waals surface area contributed by atoms with Gasteiger partial charge in [-0.25, -0.2) is 4.98 Å². The molecule has 1 atom stereocenters. The Bertz CT molecular complexity index is 229. The Balaban J connectivity index is 2.88. The van der Waals surface area contributed by atoms with Gasteiger partial charge in [-0.2, -0.15) is 0 Å². The van der Waals surface area contributed by atoms with Crippen LogP contribution in [0.25, 0.3) is 0 Å². The molecule has 0 saturated heterocycles. The van der Waals surface area contributed by atoms with E-state index in [4.69, 9.17) is 11.1 Å². The second-order valence-electron chi connectivity index (χ2n) is 2.04. The first-order chi connectivity index (χ1) is 4.74. The van der Waals surface area contributed by atoms with Crippen LogP contribution in [0.3, 0.4) is 0 Å². The Kier molecular flexibility index (Phi) is 2.13. The zero-order chi connectivity index (χ0) is 7.56. The van der Waals surface area contributed by atoms with Crippen molar-refractivity contribution in [3.05, 3.63) is 16.1 Å². The van der Waals surface area contributed by atoms with Gasteiger partial charge >= 0.3 is 0 Å². The summed E-state index contributed by atoms with van der Waals surface area (Å²) in [5.74, 6) is 0. The maximum atomic E-state index is 6.88. The molecule has 1 heterocycles. The summed E-state index contributed by atoms with van der Waals surface area (Å²) in [6, 6.07) is -0.0232. The van der Waals surface area contributed by atoms with Crippen LogP contribution in [-0.2, 0) is 0 Å². The molecule has 10 heavy (non-hydrogen) atoms. The smallest absolute Gasteiger partial charge is 0.134 e.